The van der Waals surface area contributed by atoms with Crippen LogP contribution in [-0.2, 0) is 9.59 Å². The number of hydrogen-bond acceptors (Lipinski definition) is 4. The Balaban J connectivity index is 2.15. The minimum atomic E-state index is -0.274. The van der Waals surface area contributed by atoms with E-state index in [1.165, 1.54) is 7.11 Å². The maximum atomic E-state index is 12.1. The molecule has 1 aliphatic rings. The van der Waals surface area contributed by atoms with E-state index < -0.39 is 0 Å². The van der Waals surface area contributed by atoms with Crippen LogP contribution in [0.1, 0.15) is 6.42 Å². The normalized spacial score (nSPS) is 17.8. The molecule has 0 radical (unpaired) electrons. The molecule has 0 aliphatic carbocycles. The summed E-state index contributed by atoms with van der Waals surface area (Å²) in [5, 5.41) is 2.72. The fraction of sp³-hybridized carbons (Fsp3) is 0.429. The fourth-order valence-corrected chi connectivity index (χ4v) is 2.39. The smallest absolute Gasteiger partial charge is 0.235 e. The van der Waals surface area contributed by atoms with Gasteiger partial charge in [-0.3, -0.25) is 9.59 Å². The van der Waals surface area contributed by atoms with Crippen molar-refractivity contribution >= 4 is 29.1 Å². The third kappa shape index (κ3) is 3.39. The zero-order valence-corrected chi connectivity index (χ0v) is 12.6. The largest absolute Gasteiger partial charge is 0.493 e. The van der Waals surface area contributed by atoms with Crippen LogP contribution in [0.25, 0.3) is 0 Å². The first kappa shape index (κ1) is 15.4. The van der Waals surface area contributed by atoms with Crippen molar-refractivity contribution < 1.29 is 19.1 Å². The molecule has 0 bridgehead atoms. The Morgan fingerprint density at radius 3 is 2.71 bits per heavy atom. The van der Waals surface area contributed by atoms with E-state index in [1.807, 2.05) is 0 Å². The molecule has 0 spiro atoms. The summed E-state index contributed by atoms with van der Waals surface area (Å²) in [6, 6.07) is 5.04. The maximum absolute atomic E-state index is 12.1. The van der Waals surface area contributed by atoms with Crippen LogP contribution in [0.5, 0.6) is 11.5 Å². The molecular formula is C14H17ClN2O4. The second-order valence-corrected chi connectivity index (χ2v) is 4.91. The molecule has 1 fully saturated rings. The topological polar surface area (TPSA) is 67.9 Å². The SMILES string of the molecule is COc1ccc(N2C[C@H](NC(=O)CCl)CC2=O)cc1OC. The fourth-order valence-electron chi connectivity index (χ4n) is 2.31. The molecule has 6 nitrogen and oxygen atoms in total. The summed E-state index contributed by atoms with van der Waals surface area (Å²) in [4.78, 5) is 25.0. The standard InChI is InChI=1S/C14H17ClN2O4/c1-20-11-4-3-10(6-12(11)21-2)17-8-9(5-14(17)19)16-13(18)7-15/h3-4,6,9H,5,7-8H2,1-2H3,(H,16,18)/t9-/m1/s1. The van der Waals surface area contributed by atoms with Crippen LogP contribution in [-0.4, -0.2) is 44.5 Å². The Morgan fingerprint density at radius 2 is 2.10 bits per heavy atom. The molecule has 1 heterocycles. The first-order valence-electron chi connectivity index (χ1n) is 6.46. The number of rotatable bonds is 5. The Hall–Kier alpha value is -1.95. The molecule has 21 heavy (non-hydrogen) atoms. The van der Waals surface area contributed by atoms with Gasteiger partial charge in [0, 0.05) is 24.7 Å². The van der Waals surface area contributed by atoms with Crippen LogP contribution in [0.2, 0.25) is 0 Å². The van der Waals surface area contributed by atoms with Crippen molar-refractivity contribution in [3.05, 3.63) is 18.2 Å². The van der Waals surface area contributed by atoms with Gasteiger partial charge in [-0.2, -0.15) is 0 Å². The molecule has 2 amide bonds. The Labute approximate surface area is 128 Å². The summed E-state index contributed by atoms with van der Waals surface area (Å²) in [5.41, 5.74) is 0.709. The minimum absolute atomic E-state index is 0.0536. The van der Waals surface area contributed by atoms with Gasteiger partial charge in [-0.05, 0) is 12.1 Å². The maximum Gasteiger partial charge on any atom is 0.235 e. The van der Waals surface area contributed by atoms with Crippen molar-refractivity contribution in [2.24, 2.45) is 0 Å². The van der Waals surface area contributed by atoms with Gasteiger partial charge >= 0.3 is 0 Å². The number of nitrogens with zero attached hydrogens (tertiary/aromatic N) is 1. The van der Waals surface area contributed by atoms with Crippen molar-refractivity contribution in [2.75, 3.05) is 31.5 Å². The zero-order valence-electron chi connectivity index (χ0n) is 11.9. The van der Waals surface area contributed by atoms with E-state index in [1.54, 1.807) is 30.2 Å². The van der Waals surface area contributed by atoms with Gasteiger partial charge in [-0.1, -0.05) is 0 Å². The summed E-state index contributed by atoms with van der Waals surface area (Å²) in [6.45, 7) is 0.414. The van der Waals surface area contributed by atoms with Gasteiger partial charge in [0.05, 0.1) is 20.3 Å². The number of halogens is 1. The van der Waals surface area contributed by atoms with E-state index in [4.69, 9.17) is 21.1 Å². The van der Waals surface area contributed by atoms with Crippen LogP contribution in [0.3, 0.4) is 0 Å². The molecule has 1 N–H and O–H groups in total. The van der Waals surface area contributed by atoms with E-state index in [9.17, 15) is 9.59 Å². The molecule has 1 aliphatic heterocycles. The van der Waals surface area contributed by atoms with Crippen LogP contribution < -0.4 is 19.7 Å². The van der Waals surface area contributed by atoms with Crippen LogP contribution >= 0.6 is 11.6 Å². The van der Waals surface area contributed by atoms with Gasteiger partial charge in [-0.15, -0.1) is 11.6 Å². The summed E-state index contributed by atoms with van der Waals surface area (Å²) < 4.78 is 10.4. The number of carbonyl (C=O) groups excluding carboxylic acids is 2. The van der Waals surface area contributed by atoms with Crippen LogP contribution in [0, 0.1) is 0 Å². The van der Waals surface area contributed by atoms with E-state index in [-0.39, 0.29) is 30.2 Å². The molecule has 1 aromatic rings. The summed E-state index contributed by atoms with van der Waals surface area (Å²) in [7, 11) is 3.09. The lowest BCUT2D eigenvalue weighted by molar-refractivity contribution is -0.119. The Morgan fingerprint density at radius 1 is 1.38 bits per heavy atom. The number of nitrogens with one attached hydrogen (secondary N) is 1. The lowest BCUT2D eigenvalue weighted by Crippen LogP contribution is -2.37. The van der Waals surface area contributed by atoms with Crippen molar-refractivity contribution in [2.45, 2.75) is 12.5 Å². The van der Waals surface area contributed by atoms with Gasteiger partial charge in [-0.25, -0.2) is 0 Å². The predicted molar refractivity (Wildman–Crippen MR) is 79.2 cm³/mol. The van der Waals surface area contributed by atoms with Crippen molar-refractivity contribution in [3.8, 4) is 11.5 Å². The van der Waals surface area contributed by atoms with Gasteiger partial charge in [0.15, 0.2) is 11.5 Å². The summed E-state index contributed by atoms with van der Waals surface area (Å²) in [5.74, 6) is 0.711. The molecule has 1 aromatic carbocycles. The number of anilines is 1. The highest BCUT2D eigenvalue weighted by atomic mass is 35.5. The second-order valence-electron chi connectivity index (χ2n) is 4.65. The molecule has 0 unspecified atom stereocenters. The highest BCUT2D eigenvalue weighted by Gasteiger charge is 2.31. The van der Waals surface area contributed by atoms with Crippen molar-refractivity contribution in [1.82, 2.24) is 5.32 Å². The number of amides is 2. The van der Waals surface area contributed by atoms with Gasteiger partial charge < -0.3 is 19.7 Å². The van der Waals surface area contributed by atoms with E-state index in [2.05, 4.69) is 5.32 Å². The lowest BCUT2D eigenvalue weighted by Gasteiger charge is -2.18. The average Bonchev–Trinajstić information content (AvgIpc) is 2.86. The monoisotopic (exact) mass is 312 g/mol. The van der Waals surface area contributed by atoms with Gasteiger partial charge in [0.1, 0.15) is 5.88 Å². The highest BCUT2D eigenvalue weighted by molar-refractivity contribution is 6.27. The van der Waals surface area contributed by atoms with E-state index in [0.717, 1.165) is 0 Å². The molecule has 0 saturated carbocycles. The first-order valence-corrected chi connectivity index (χ1v) is 7.00. The minimum Gasteiger partial charge on any atom is -0.493 e. The lowest BCUT2D eigenvalue weighted by atomic mass is 10.2. The van der Waals surface area contributed by atoms with Crippen LogP contribution in [0.15, 0.2) is 18.2 Å². The average molecular weight is 313 g/mol. The number of benzene rings is 1. The van der Waals surface area contributed by atoms with Gasteiger partial charge in [0.2, 0.25) is 11.8 Å². The molecule has 114 valence electrons. The molecule has 2 rings (SSSR count). The second kappa shape index (κ2) is 6.67. The number of ether oxygens (including phenoxy) is 2. The quantitative estimate of drug-likeness (QED) is 0.829. The van der Waals surface area contributed by atoms with E-state index in [0.29, 0.717) is 23.7 Å². The molecule has 1 atom stereocenters. The third-order valence-corrected chi connectivity index (χ3v) is 3.53. The number of methoxy groups -OCH3 is 2. The zero-order chi connectivity index (χ0) is 15.4. The number of hydrogen-bond donors (Lipinski definition) is 1. The predicted octanol–water partition coefficient (Wildman–Crippen LogP) is 1.16. The highest BCUT2D eigenvalue weighted by Crippen LogP contribution is 2.33. The molecule has 7 heteroatoms. The molecule has 0 aromatic heterocycles. The van der Waals surface area contributed by atoms with E-state index >= 15 is 0 Å². The first-order chi connectivity index (χ1) is 10.1. The molecular weight excluding hydrogens is 296 g/mol. The summed E-state index contributed by atoms with van der Waals surface area (Å²) in [6.07, 6.45) is 0.261. The van der Waals surface area contributed by atoms with Crippen molar-refractivity contribution in [1.29, 1.82) is 0 Å². The van der Waals surface area contributed by atoms with Gasteiger partial charge in [0.25, 0.3) is 0 Å². The third-order valence-electron chi connectivity index (χ3n) is 3.29. The Kier molecular flexibility index (Phi) is 4.90. The number of carbonyl (C=O) groups is 2. The van der Waals surface area contributed by atoms with Crippen molar-refractivity contribution in [3.63, 3.8) is 0 Å². The number of alkyl halides is 1. The Bertz CT molecular complexity index is 550. The molecule has 1 saturated heterocycles. The summed E-state index contributed by atoms with van der Waals surface area (Å²) >= 11 is 5.45. The van der Waals surface area contributed by atoms with Crippen LogP contribution in [0.4, 0.5) is 5.69 Å².